The Labute approximate surface area is 149 Å². The van der Waals surface area contributed by atoms with E-state index in [2.05, 4.69) is 4.52 Å². The number of phosphoric ester groups is 1. The fourth-order valence-electron chi connectivity index (χ4n) is 1.18. The Morgan fingerprint density at radius 3 is 2.17 bits per heavy atom. The van der Waals surface area contributed by atoms with E-state index >= 15 is 0 Å². The molecule has 88 valence electrons. The van der Waals surface area contributed by atoms with Crippen molar-refractivity contribution in [2.45, 2.75) is 5.92 Å². The third-order valence-corrected chi connectivity index (χ3v) is 2.27. The van der Waals surface area contributed by atoms with Crippen LogP contribution in [0.15, 0.2) is 30.3 Å². The van der Waals surface area contributed by atoms with Gasteiger partial charge in [0.2, 0.25) is 0 Å². The number of benzene rings is 1. The Bertz CT molecular complexity index is 407. The molecule has 0 saturated heterocycles. The van der Waals surface area contributed by atoms with Crippen LogP contribution in [0.1, 0.15) is 11.5 Å². The van der Waals surface area contributed by atoms with Gasteiger partial charge in [0.15, 0.2) is 0 Å². The van der Waals surface area contributed by atoms with Gasteiger partial charge in [-0.3, -0.25) is 4.79 Å². The van der Waals surface area contributed by atoms with Gasteiger partial charge in [-0.1, -0.05) is 30.3 Å². The third-order valence-electron chi connectivity index (χ3n) is 1.87. The molecule has 0 heterocycles. The van der Waals surface area contributed by atoms with Gasteiger partial charge >= 0.3 is 65.1 Å². The number of aliphatic hydroxyl groups is 1. The van der Waals surface area contributed by atoms with Crippen LogP contribution >= 0.6 is 7.82 Å². The van der Waals surface area contributed by atoms with Gasteiger partial charge < -0.3 is 24.0 Å². The van der Waals surface area contributed by atoms with Crippen molar-refractivity contribution in [2.24, 2.45) is 0 Å². The van der Waals surface area contributed by atoms with Crippen LogP contribution in [0.25, 0.3) is 0 Å². The summed E-state index contributed by atoms with van der Waals surface area (Å²) >= 11 is 0. The summed E-state index contributed by atoms with van der Waals surface area (Å²) in [6.07, 6.45) is 0. The number of hydrogen-bond acceptors (Lipinski definition) is 6. The number of phosphoric acid groups is 1. The van der Waals surface area contributed by atoms with Crippen LogP contribution in [-0.2, 0) is 13.9 Å². The van der Waals surface area contributed by atoms with Gasteiger partial charge in [0, 0.05) is 0 Å². The zero-order chi connectivity index (χ0) is 12.2. The number of aliphatic hydroxyl groups excluding tert-OH is 1. The summed E-state index contributed by atoms with van der Waals surface area (Å²) in [4.78, 5) is 31.7. The molecule has 1 atom stereocenters. The Hall–Kier alpha value is 0.800. The first-order valence-electron chi connectivity index (χ1n) is 4.35. The van der Waals surface area contributed by atoms with E-state index in [1.807, 2.05) is 0 Å². The van der Waals surface area contributed by atoms with Crippen molar-refractivity contribution < 1.29 is 87.9 Å². The Morgan fingerprint density at radius 2 is 1.78 bits per heavy atom. The molecular formula is C9H9Na2O6P. The summed E-state index contributed by atoms with van der Waals surface area (Å²) in [5.74, 6) is -2.44. The molecule has 0 aliphatic rings. The maximum atomic E-state index is 11.2. The second kappa shape index (κ2) is 9.66. The topological polar surface area (TPSA) is 110 Å². The second-order valence-corrected chi connectivity index (χ2v) is 4.08. The zero-order valence-corrected chi connectivity index (χ0v) is 15.0. The predicted octanol–water partition coefficient (Wildman–Crippen LogP) is -6.86. The van der Waals surface area contributed by atoms with E-state index in [1.165, 1.54) is 12.1 Å². The van der Waals surface area contributed by atoms with Gasteiger partial charge in [0.05, 0.1) is 6.61 Å². The Kier molecular flexibility index (Phi) is 11.3. The molecular weight excluding hydrogens is 281 g/mol. The minimum absolute atomic E-state index is 0. The Balaban J connectivity index is 0. The average molecular weight is 290 g/mol. The van der Waals surface area contributed by atoms with Gasteiger partial charge in [0.25, 0.3) is 0 Å². The molecule has 0 aliphatic heterocycles. The quantitative estimate of drug-likeness (QED) is 0.436. The summed E-state index contributed by atoms with van der Waals surface area (Å²) < 4.78 is 13.9. The normalized spacial score (nSPS) is 11.7. The largest absolute Gasteiger partial charge is 1.00 e. The van der Waals surface area contributed by atoms with Crippen molar-refractivity contribution in [2.75, 3.05) is 6.61 Å². The first kappa shape index (κ1) is 21.1. The van der Waals surface area contributed by atoms with Gasteiger partial charge in [-0.05, 0) is 5.56 Å². The maximum Gasteiger partial charge on any atom is 1.00 e. The molecule has 1 unspecified atom stereocenters. The van der Waals surface area contributed by atoms with Gasteiger partial charge in [-0.25, -0.2) is 0 Å². The minimum atomic E-state index is -5.37. The monoisotopic (exact) mass is 290 g/mol. The van der Waals surface area contributed by atoms with Crippen molar-refractivity contribution in [3.63, 3.8) is 0 Å². The predicted molar refractivity (Wildman–Crippen MR) is 50.0 cm³/mol. The minimum Gasteiger partial charge on any atom is -0.780 e. The van der Waals surface area contributed by atoms with Crippen LogP contribution in [0.5, 0.6) is 0 Å². The van der Waals surface area contributed by atoms with Crippen molar-refractivity contribution in [1.82, 2.24) is 0 Å². The summed E-state index contributed by atoms with van der Waals surface area (Å²) in [5.41, 5.74) is 0.378. The van der Waals surface area contributed by atoms with E-state index in [0.29, 0.717) is 5.56 Å². The van der Waals surface area contributed by atoms with Gasteiger partial charge in [-0.2, -0.15) is 0 Å². The Morgan fingerprint density at radius 1 is 1.28 bits per heavy atom. The van der Waals surface area contributed by atoms with Crippen LogP contribution in [0.3, 0.4) is 0 Å². The second-order valence-electron chi connectivity index (χ2n) is 3.00. The molecule has 0 fully saturated rings. The zero-order valence-electron chi connectivity index (χ0n) is 10.1. The molecule has 6 nitrogen and oxygen atoms in total. The number of rotatable bonds is 4. The maximum absolute atomic E-state index is 11.2. The van der Waals surface area contributed by atoms with Crippen LogP contribution in [-0.4, -0.2) is 17.7 Å². The molecule has 1 aromatic rings. The smallest absolute Gasteiger partial charge is 0.780 e. The van der Waals surface area contributed by atoms with Crippen LogP contribution in [0, 0.1) is 0 Å². The fourth-order valence-corrected chi connectivity index (χ4v) is 1.52. The van der Waals surface area contributed by atoms with E-state index in [1.54, 1.807) is 18.2 Å². The van der Waals surface area contributed by atoms with E-state index in [0.717, 1.165) is 0 Å². The van der Waals surface area contributed by atoms with Crippen molar-refractivity contribution in [1.29, 1.82) is 0 Å². The summed E-state index contributed by atoms with van der Waals surface area (Å²) in [5, 5.41) is 8.95. The number of carbonyl (C=O) groups is 1. The molecule has 0 aromatic heterocycles. The first-order chi connectivity index (χ1) is 7.44. The summed E-state index contributed by atoms with van der Waals surface area (Å²) in [6.45, 7) is -0.636. The van der Waals surface area contributed by atoms with Crippen LogP contribution < -0.4 is 68.9 Å². The first-order valence-corrected chi connectivity index (χ1v) is 5.81. The van der Waals surface area contributed by atoms with E-state index in [9.17, 15) is 19.1 Å². The summed E-state index contributed by atoms with van der Waals surface area (Å²) in [7, 11) is -5.37. The molecule has 1 aromatic carbocycles. The molecule has 0 saturated carbocycles. The van der Waals surface area contributed by atoms with Crippen LogP contribution in [0.4, 0.5) is 0 Å². The van der Waals surface area contributed by atoms with E-state index in [4.69, 9.17) is 5.11 Å². The van der Waals surface area contributed by atoms with Crippen molar-refractivity contribution in [3.05, 3.63) is 35.9 Å². The third kappa shape index (κ3) is 7.40. The molecule has 1 rings (SSSR count). The molecule has 0 amide bonds. The fraction of sp³-hybridized carbons (Fsp3) is 0.222. The molecule has 9 heteroatoms. The van der Waals surface area contributed by atoms with Crippen molar-refractivity contribution >= 4 is 13.8 Å². The molecule has 18 heavy (non-hydrogen) atoms. The molecule has 0 radical (unpaired) electrons. The molecule has 0 bridgehead atoms. The van der Waals surface area contributed by atoms with Crippen molar-refractivity contribution in [3.8, 4) is 0 Å². The van der Waals surface area contributed by atoms with Gasteiger partial charge in [0.1, 0.15) is 13.7 Å². The number of carbonyl (C=O) groups excluding carboxylic acids is 1. The molecule has 0 spiro atoms. The average Bonchev–Trinajstić information content (AvgIpc) is 2.17. The number of hydrogen-bond donors (Lipinski definition) is 1. The molecule has 1 N–H and O–H groups in total. The van der Waals surface area contributed by atoms with Gasteiger partial charge in [-0.15, -0.1) is 0 Å². The van der Waals surface area contributed by atoms with E-state index in [-0.39, 0.29) is 59.1 Å². The van der Waals surface area contributed by atoms with Crippen LogP contribution in [0.2, 0.25) is 0 Å². The standard InChI is InChI=1S/C9H11O6P.2Na/c10-6-8(7-4-2-1-3-5-7)9(11)15-16(12,13)14;;/h1-5,8,10H,6H2,(H2,12,13,14);;/q;2*+1/p-2. The molecule has 0 aliphatic carbocycles. The van der Waals surface area contributed by atoms with E-state index < -0.39 is 26.3 Å². The summed E-state index contributed by atoms with van der Waals surface area (Å²) in [6, 6.07) is 7.94. The SMILES string of the molecule is O=C(OP(=O)([O-])[O-])C(CO)c1ccccc1.[Na+].[Na+].